The van der Waals surface area contributed by atoms with E-state index in [2.05, 4.69) is 10.6 Å². The van der Waals surface area contributed by atoms with Crippen LogP contribution in [0.15, 0.2) is 0 Å². The Morgan fingerprint density at radius 1 is 1.67 bits per heavy atom. The van der Waals surface area contributed by atoms with E-state index in [9.17, 15) is 9.59 Å². The first-order valence-corrected chi connectivity index (χ1v) is 2.27. The summed E-state index contributed by atoms with van der Waals surface area (Å²) < 4.78 is 4.17. The monoisotopic (exact) mass is 132 g/mol. The van der Waals surface area contributed by atoms with Gasteiger partial charge in [-0.3, -0.25) is 15.0 Å². The largest absolute Gasteiger partial charge is 0.469 e. The van der Waals surface area contributed by atoms with Crippen molar-refractivity contribution in [2.75, 3.05) is 7.11 Å². The lowest BCUT2D eigenvalue weighted by molar-refractivity contribution is -0.143. The number of esters is 1. The molecule has 0 radical (unpaired) electrons. The lowest BCUT2D eigenvalue weighted by Gasteiger charge is -1.95. The van der Waals surface area contributed by atoms with Gasteiger partial charge in [0.2, 0.25) is 5.91 Å². The number of hydrazine groups is 1. The maximum atomic E-state index is 10.2. The van der Waals surface area contributed by atoms with Gasteiger partial charge in [-0.05, 0) is 0 Å². The maximum Gasteiger partial charge on any atom is 0.315 e. The number of nitrogens with two attached hydrogens (primary N) is 1. The first-order valence-electron chi connectivity index (χ1n) is 2.27. The van der Waals surface area contributed by atoms with Gasteiger partial charge in [-0.1, -0.05) is 0 Å². The minimum atomic E-state index is -0.599. The molecule has 0 saturated heterocycles. The Balaban J connectivity index is 3.47. The number of rotatable bonds is 2. The van der Waals surface area contributed by atoms with Crippen LogP contribution in [0.4, 0.5) is 0 Å². The molecular weight excluding hydrogens is 124 g/mol. The number of carbonyl (C=O) groups is 2. The number of nitrogens with one attached hydrogen (secondary N) is 1. The minimum Gasteiger partial charge on any atom is -0.469 e. The molecule has 0 aliphatic heterocycles. The van der Waals surface area contributed by atoms with E-state index in [4.69, 9.17) is 0 Å². The van der Waals surface area contributed by atoms with Crippen molar-refractivity contribution in [1.29, 1.82) is 0 Å². The molecule has 0 aromatic rings. The molecule has 0 aliphatic rings. The van der Waals surface area contributed by atoms with Gasteiger partial charge in [-0.2, -0.15) is 0 Å². The van der Waals surface area contributed by atoms with E-state index in [1.165, 1.54) is 7.11 Å². The number of carbonyl (C=O) groups excluding carboxylic acids is 2. The molecule has 0 heterocycles. The normalized spacial score (nSPS) is 8.22. The molecule has 0 atom stereocenters. The summed E-state index contributed by atoms with van der Waals surface area (Å²) in [5.41, 5.74) is 1.79. The molecule has 0 rings (SSSR count). The Kier molecular flexibility index (Phi) is 3.38. The molecule has 0 aliphatic carbocycles. The van der Waals surface area contributed by atoms with E-state index in [-0.39, 0.29) is 6.42 Å². The van der Waals surface area contributed by atoms with Gasteiger partial charge in [0.05, 0.1) is 7.11 Å². The van der Waals surface area contributed by atoms with Crippen LogP contribution < -0.4 is 11.3 Å². The zero-order chi connectivity index (χ0) is 7.28. The highest BCUT2D eigenvalue weighted by molar-refractivity contribution is 5.93. The highest BCUT2D eigenvalue weighted by atomic mass is 16.5. The van der Waals surface area contributed by atoms with Crippen LogP contribution in [0.2, 0.25) is 0 Å². The van der Waals surface area contributed by atoms with E-state index < -0.39 is 11.9 Å². The first kappa shape index (κ1) is 7.90. The average molecular weight is 132 g/mol. The summed E-state index contributed by atoms with van der Waals surface area (Å²) in [5.74, 6) is 3.51. The van der Waals surface area contributed by atoms with Gasteiger partial charge < -0.3 is 4.74 Å². The summed E-state index contributed by atoms with van der Waals surface area (Å²) in [6.45, 7) is 0. The highest BCUT2D eigenvalue weighted by Gasteiger charge is 2.05. The Bertz CT molecular complexity index is 109. The lowest BCUT2D eigenvalue weighted by Crippen LogP contribution is -2.31. The molecule has 0 fully saturated rings. The topological polar surface area (TPSA) is 81.4 Å². The number of amides is 1. The summed E-state index contributed by atoms with van der Waals surface area (Å²) in [5, 5.41) is 0. The third-order valence-electron chi connectivity index (χ3n) is 0.694. The third-order valence-corrected chi connectivity index (χ3v) is 0.694. The van der Waals surface area contributed by atoms with Crippen LogP contribution in [-0.2, 0) is 14.3 Å². The Hall–Kier alpha value is -1.10. The van der Waals surface area contributed by atoms with Crippen LogP contribution in [0, 0.1) is 0 Å². The van der Waals surface area contributed by atoms with Crippen LogP contribution in [0.1, 0.15) is 6.42 Å². The van der Waals surface area contributed by atoms with E-state index in [1.807, 2.05) is 0 Å². The Labute approximate surface area is 52.1 Å². The summed E-state index contributed by atoms with van der Waals surface area (Å²) in [7, 11) is 1.20. The minimum absolute atomic E-state index is 0.326. The summed E-state index contributed by atoms with van der Waals surface area (Å²) >= 11 is 0. The standard InChI is InChI=1S/C4H8N2O3/c1-9-4(8)2-3(7)6-5/h2,5H2,1H3,(H,6,7). The van der Waals surface area contributed by atoms with Gasteiger partial charge in [0, 0.05) is 0 Å². The second-order valence-electron chi connectivity index (χ2n) is 1.32. The van der Waals surface area contributed by atoms with Crippen LogP contribution in [0.3, 0.4) is 0 Å². The quantitative estimate of drug-likeness (QED) is 0.158. The molecule has 5 heteroatoms. The van der Waals surface area contributed by atoms with Gasteiger partial charge in [-0.15, -0.1) is 0 Å². The molecule has 0 aromatic heterocycles. The fraction of sp³-hybridized carbons (Fsp3) is 0.500. The van der Waals surface area contributed by atoms with Crippen molar-refractivity contribution in [2.45, 2.75) is 6.42 Å². The second-order valence-corrected chi connectivity index (χ2v) is 1.32. The van der Waals surface area contributed by atoms with E-state index in [0.29, 0.717) is 0 Å². The number of hydrogen-bond donors (Lipinski definition) is 2. The van der Waals surface area contributed by atoms with Crippen molar-refractivity contribution in [3.63, 3.8) is 0 Å². The van der Waals surface area contributed by atoms with Crippen molar-refractivity contribution >= 4 is 11.9 Å². The molecule has 0 saturated carbocycles. The predicted octanol–water partition coefficient (Wildman–Crippen LogP) is -1.46. The number of ether oxygens (including phenoxy) is 1. The van der Waals surface area contributed by atoms with E-state index >= 15 is 0 Å². The molecule has 0 spiro atoms. The van der Waals surface area contributed by atoms with E-state index in [1.54, 1.807) is 5.43 Å². The molecular formula is C4H8N2O3. The van der Waals surface area contributed by atoms with Gasteiger partial charge >= 0.3 is 5.97 Å². The van der Waals surface area contributed by atoms with Crippen molar-refractivity contribution in [2.24, 2.45) is 5.84 Å². The fourth-order valence-corrected chi connectivity index (χ4v) is 0.254. The molecule has 1 amide bonds. The van der Waals surface area contributed by atoms with E-state index in [0.717, 1.165) is 0 Å². The average Bonchev–Trinajstić information content (AvgIpc) is 1.87. The van der Waals surface area contributed by atoms with Crippen LogP contribution in [-0.4, -0.2) is 19.0 Å². The highest BCUT2D eigenvalue weighted by Crippen LogP contribution is 1.80. The molecule has 9 heavy (non-hydrogen) atoms. The summed E-state index contributed by atoms with van der Waals surface area (Å²) in [6, 6.07) is 0. The van der Waals surface area contributed by atoms with Crippen LogP contribution in [0.5, 0.6) is 0 Å². The van der Waals surface area contributed by atoms with Gasteiger partial charge in [0.25, 0.3) is 0 Å². The van der Waals surface area contributed by atoms with Crippen LogP contribution >= 0.6 is 0 Å². The first-order chi connectivity index (χ1) is 4.20. The number of hydrogen-bond acceptors (Lipinski definition) is 4. The van der Waals surface area contributed by atoms with Gasteiger partial charge in [0.15, 0.2) is 0 Å². The number of methoxy groups -OCH3 is 1. The van der Waals surface area contributed by atoms with Crippen LogP contribution in [0.25, 0.3) is 0 Å². The summed E-state index contributed by atoms with van der Waals surface area (Å²) in [4.78, 5) is 20.5. The third kappa shape index (κ3) is 3.48. The molecule has 0 bridgehead atoms. The molecule has 3 N–H and O–H groups in total. The predicted molar refractivity (Wildman–Crippen MR) is 29.0 cm³/mol. The Morgan fingerprint density at radius 2 is 2.22 bits per heavy atom. The molecule has 52 valence electrons. The molecule has 5 nitrogen and oxygen atoms in total. The SMILES string of the molecule is COC(=O)CC(=O)NN. The smallest absolute Gasteiger partial charge is 0.315 e. The van der Waals surface area contributed by atoms with Crippen molar-refractivity contribution in [3.8, 4) is 0 Å². The second kappa shape index (κ2) is 3.85. The summed E-state index contributed by atoms with van der Waals surface area (Å²) in [6.07, 6.45) is -0.326. The van der Waals surface area contributed by atoms with Crippen molar-refractivity contribution in [1.82, 2.24) is 5.43 Å². The lowest BCUT2D eigenvalue weighted by atomic mass is 10.4. The van der Waals surface area contributed by atoms with Crippen molar-refractivity contribution < 1.29 is 14.3 Å². The zero-order valence-electron chi connectivity index (χ0n) is 5.01. The molecule has 0 unspecified atom stereocenters. The fourth-order valence-electron chi connectivity index (χ4n) is 0.254. The zero-order valence-corrected chi connectivity index (χ0v) is 5.01. The molecule has 0 aromatic carbocycles. The maximum absolute atomic E-state index is 10.2. The van der Waals surface area contributed by atoms with Crippen molar-refractivity contribution in [3.05, 3.63) is 0 Å². The van der Waals surface area contributed by atoms with Gasteiger partial charge in [-0.25, -0.2) is 5.84 Å². The Morgan fingerprint density at radius 3 is 2.56 bits per heavy atom. The van der Waals surface area contributed by atoms with Gasteiger partial charge in [0.1, 0.15) is 6.42 Å².